The van der Waals surface area contributed by atoms with Crippen molar-refractivity contribution < 1.29 is 19.4 Å². The monoisotopic (exact) mass is 285 g/mol. The van der Waals surface area contributed by atoms with Gasteiger partial charge in [-0.3, -0.25) is 4.79 Å². The lowest BCUT2D eigenvalue weighted by atomic mass is 10.1. The Kier molecular flexibility index (Phi) is 4.23. The Morgan fingerprint density at radius 3 is 2.19 bits per heavy atom. The summed E-state index contributed by atoms with van der Waals surface area (Å²) in [6.45, 7) is 1.87. The Morgan fingerprint density at radius 1 is 1.05 bits per heavy atom. The Morgan fingerprint density at radius 2 is 1.67 bits per heavy atom. The first kappa shape index (κ1) is 14.6. The van der Waals surface area contributed by atoms with Gasteiger partial charge >= 0.3 is 5.97 Å². The molecule has 0 aliphatic rings. The van der Waals surface area contributed by atoms with Gasteiger partial charge in [0.15, 0.2) is 0 Å². The molecule has 0 unspecified atom stereocenters. The molecule has 0 heterocycles. The predicted molar refractivity (Wildman–Crippen MR) is 79.1 cm³/mol. The van der Waals surface area contributed by atoms with E-state index in [1.54, 1.807) is 19.2 Å². The zero-order valence-corrected chi connectivity index (χ0v) is 11.7. The third-order valence-corrected chi connectivity index (χ3v) is 3.08. The van der Waals surface area contributed by atoms with Crippen molar-refractivity contribution in [1.29, 1.82) is 0 Å². The van der Waals surface area contributed by atoms with Gasteiger partial charge in [-0.25, -0.2) is 4.79 Å². The highest BCUT2D eigenvalue weighted by molar-refractivity contribution is 6.05. The van der Waals surface area contributed by atoms with Crippen LogP contribution < -0.4 is 10.1 Å². The SMILES string of the molecule is COc1ccc(NC(=O)c2ccc(C(=O)O)cc2)c(C)c1. The van der Waals surface area contributed by atoms with E-state index in [0.29, 0.717) is 11.3 Å². The van der Waals surface area contributed by atoms with Gasteiger partial charge in [0.25, 0.3) is 5.91 Å². The number of methoxy groups -OCH3 is 1. The maximum absolute atomic E-state index is 12.1. The van der Waals surface area contributed by atoms with E-state index in [-0.39, 0.29) is 11.5 Å². The molecule has 0 aliphatic carbocycles. The molecule has 108 valence electrons. The lowest BCUT2D eigenvalue weighted by Crippen LogP contribution is -2.13. The molecule has 2 N–H and O–H groups in total. The fourth-order valence-electron chi connectivity index (χ4n) is 1.86. The van der Waals surface area contributed by atoms with Gasteiger partial charge in [-0.1, -0.05) is 0 Å². The second-order valence-corrected chi connectivity index (χ2v) is 4.52. The molecule has 2 aromatic carbocycles. The van der Waals surface area contributed by atoms with Crippen LogP contribution in [0.25, 0.3) is 0 Å². The number of hydrogen-bond acceptors (Lipinski definition) is 3. The van der Waals surface area contributed by atoms with E-state index in [2.05, 4.69) is 5.32 Å². The van der Waals surface area contributed by atoms with Crippen molar-refractivity contribution in [2.45, 2.75) is 6.92 Å². The van der Waals surface area contributed by atoms with Gasteiger partial charge < -0.3 is 15.2 Å². The summed E-state index contributed by atoms with van der Waals surface area (Å²) in [7, 11) is 1.58. The molecule has 21 heavy (non-hydrogen) atoms. The Labute approximate surface area is 122 Å². The second-order valence-electron chi connectivity index (χ2n) is 4.52. The highest BCUT2D eigenvalue weighted by Crippen LogP contribution is 2.21. The van der Waals surface area contributed by atoms with Crippen LogP contribution in [0.15, 0.2) is 42.5 Å². The molecule has 0 atom stereocenters. The Hall–Kier alpha value is -2.82. The first-order valence-corrected chi connectivity index (χ1v) is 6.30. The number of anilines is 1. The number of ether oxygens (including phenoxy) is 1. The van der Waals surface area contributed by atoms with Gasteiger partial charge in [0.05, 0.1) is 12.7 Å². The molecule has 5 nitrogen and oxygen atoms in total. The first-order valence-electron chi connectivity index (χ1n) is 6.30. The van der Waals surface area contributed by atoms with Gasteiger partial charge in [0, 0.05) is 11.3 Å². The van der Waals surface area contributed by atoms with E-state index >= 15 is 0 Å². The minimum atomic E-state index is -1.02. The van der Waals surface area contributed by atoms with Crippen LogP contribution in [-0.4, -0.2) is 24.1 Å². The first-order chi connectivity index (χ1) is 10.0. The van der Waals surface area contributed by atoms with Crippen LogP contribution in [0.1, 0.15) is 26.3 Å². The molecule has 2 rings (SSSR count). The van der Waals surface area contributed by atoms with Crippen molar-refractivity contribution in [3.63, 3.8) is 0 Å². The second kappa shape index (κ2) is 6.09. The summed E-state index contributed by atoms with van der Waals surface area (Å²) in [5.74, 6) is -0.593. The average Bonchev–Trinajstić information content (AvgIpc) is 2.49. The van der Waals surface area contributed by atoms with Gasteiger partial charge in [-0.15, -0.1) is 0 Å². The number of amides is 1. The smallest absolute Gasteiger partial charge is 0.335 e. The summed E-state index contributed by atoms with van der Waals surface area (Å²) in [6, 6.07) is 11.1. The van der Waals surface area contributed by atoms with E-state index in [0.717, 1.165) is 11.3 Å². The number of carboxylic acid groups (broad SMARTS) is 1. The Balaban J connectivity index is 2.16. The minimum Gasteiger partial charge on any atom is -0.497 e. The summed E-state index contributed by atoms with van der Waals surface area (Å²) in [6.07, 6.45) is 0. The lowest BCUT2D eigenvalue weighted by molar-refractivity contribution is 0.0696. The van der Waals surface area contributed by atoms with Crippen molar-refractivity contribution in [2.24, 2.45) is 0 Å². The Bertz CT molecular complexity index is 677. The van der Waals surface area contributed by atoms with Crippen LogP contribution in [0, 0.1) is 6.92 Å². The zero-order valence-electron chi connectivity index (χ0n) is 11.7. The number of aromatic carboxylic acids is 1. The molecule has 1 amide bonds. The van der Waals surface area contributed by atoms with Gasteiger partial charge in [0.1, 0.15) is 5.75 Å². The minimum absolute atomic E-state index is 0.146. The normalized spacial score (nSPS) is 10.0. The fourth-order valence-corrected chi connectivity index (χ4v) is 1.86. The predicted octanol–water partition coefficient (Wildman–Crippen LogP) is 2.95. The van der Waals surface area contributed by atoms with Crippen molar-refractivity contribution in [2.75, 3.05) is 12.4 Å². The average molecular weight is 285 g/mol. The standard InChI is InChI=1S/C16H15NO4/c1-10-9-13(21-2)7-8-14(10)17-15(18)11-3-5-12(6-4-11)16(19)20/h3-9H,1-2H3,(H,17,18)(H,19,20). The summed E-state index contributed by atoms with van der Waals surface area (Å²) in [4.78, 5) is 22.9. The maximum atomic E-state index is 12.1. The molecular weight excluding hydrogens is 270 g/mol. The highest BCUT2D eigenvalue weighted by Gasteiger charge is 2.09. The van der Waals surface area contributed by atoms with Gasteiger partial charge in [0.2, 0.25) is 0 Å². The van der Waals surface area contributed by atoms with Gasteiger partial charge in [-0.05, 0) is 55.0 Å². The van der Waals surface area contributed by atoms with Gasteiger partial charge in [-0.2, -0.15) is 0 Å². The molecular formula is C16H15NO4. The summed E-state index contributed by atoms with van der Waals surface area (Å²) >= 11 is 0. The largest absolute Gasteiger partial charge is 0.497 e. The molecule has 0 fully saturated rings. The summed E-state index contributed by atoms with van der Waals surface area (Å²) in [5, 5.41) is 11.6. The molecule has 2 aromatic rings. The van der Waals surface area contributed by atoms with Crippen LogP contribution in [0.5, 0.6) is 5.75 Å². The molecule has 5 heteroatoms. The van der Waals surface area contributed by atoms with Crippen LogP contribution in [0.3, 0.4) is 0 Å². The molecule has 0 spiro atoms. The van der Waals surface area contributed by atoms with Crippen molar-refractivity contribution in [3.05, 3.63) is 59.2 Å². The number of carbonyl (C=O) groups excluding carboxylic acids is 1. The fraction of sp³-hybridized carbons (Fsp3) is 0.125. The number of rotatable bonds is 4. The van der Waals surface area contributed by atoms with E-state index in [9.17, 15) is 9.59 Å². The number of benzene rings is 2. The third kappa shape index (κ3) is 3.39. The van der Waals surface area contributed by atoms with E-state index in [1.165, 1.54) is 24.3 Å². The van der Waals surface area contributed by atoms with Crippen molar-refractivity contribution in [3.8, 4) is 5.75 Å². The number of hydrogen-bond donors (Lipinski definition) is 2. The highest BCUT2D eigenvalue weighted by atomic mass is 16.5. The number of carbonyl (C=O) groups is 2. The van der Waals surface area contributed by atoms with Crippen LogP contribution in [-0.2, 0) is 0 Å². The topological polar surface area (TPSA) is 75.6 Å². The van der Waals surface area contributed by atoms with Crippen LogP contribution in [0.2, 0.25) is 0 Å². The van der Waals surface area contributed by atoms with Crippen LogP contribution in [0.4, 0.5) is 5.69 Å². The maximum Gasteiger partial charge on any atom is 0.335 e. The lowest BCUT2D eigenvalue weighted by Gasteiger charge is -2.10. The molecule has 0 saturated heterocycles. The van der Waals surface area contributed by atoms with E-state index in [4.69, 9.17) is 9.84 Å². The molecule has 0 aromatic heterocycles. The molecule has 0 radical (unpaired) electrons. The van der Waals surface area contributed by atoms with E-state index in [1.807, 2.05) is 13.0 Å². The van der Waals surface area contributed by atoms with Crippen molar-refractivity contribution in [1.82, 2.24) is 0 Å². The van der Waals surface area contributed by atoms with Crippen LogP contribution >= 0.6 is 0 Å². The number of aryl methyl sites for hydroxylation is 1. The number of nitrogens with one attached hydrogen (secondary N) is 1. The molecule has 0 bridgehead atoms. The third-order valence-electron chi connectivity index (χ3n) is 3.08. The molecule has 0 aliphatic heterocycles. The summed E-state index contributed by atoms with van der Waals surface area (Å²) < 4.78 is 5.11. The molecule has 0 saturated carbocycles. The zero-order chi connectivity index (χ0) is 15.4. The van der Waals surface area contributed by atoms with Crippen molar-refractivity contribution >= 4 is 17.6 Å². The number of carboxylic acids is 1. The summed E-state index contributed by atoms with van der Waals surface area (Å²) in [5.41, 5.74) is 2.11. The van der Waals surface area contributed by atoms with E-state index < -0.39 is 5.97 Å². The quantitative estimate of drug-likeness (QED) is 0.905.